The number of carbonyl (C=O) groups is 1. The van der Waals surface area contributed by atoms with Crippen LogP contribution in [0.15, 0.2) is 53.0 Å². The first-order chi connectivity index (χ1) is 9.13. The van der Waals surface area contributed by atoms with Crippen molar-refractivity contribution in [2.45, 2.75) is 6.61 Å². The number of hydrogen-bond acceptors (Lipinski definition) is 3. The minimum Gasteiger partial charge on any atom is -0.444 e. The predicted octanol–water partition coefficient (Wildman–Crippen LogP) is 3.78. The number of carbonyl (C=O) groups excluding carboxylic acids is 1. The maximum absolute atomic E-state index is 11.6. The van der Waals surface area contributed by atoms with Gasteiger partial charge in [0.2, 0.25) is 0 Å². The molecule has 2 aromatic rings. The van der Waals surface area contributed by atoms with E-state index in [9.17, 15) is 4.79 Å². The van der Waals surface area contributed by atoms with E-state index in [0.29, 0.717) is 11.4 Å². The van der Waals surface area contributed by atoms with E-state index in [-0.39, 0.29) is 6.61 Å². The van der Waals surface area contributed by atoms with Gasteiger partial charge in [-0.2, -0.15) is 0 Å². The van der Waals surface area contributed by atoms with Gasteiger partial charge in [0.25, 0.3) is 0 Å². The number of amides is 1. The molecule has 19 heavy (non-hydrogen) atoms. The van der Waals surface area contributed by atoms with Gasteiger partial charge in [0.1, 0.15) is 6.61 Å². The molecule has 0 aromatic heterocycles. The highest BCUT2D eigenvalue weighted by Gasteiger charge is 2.03. The predicted molar refractivity (Wildman–Crippen MR) is 78.8 cm³/mol. The molecule has 0 spiro atoms. The molecule has 0 aliphatic rings. The maximum atomic E-state index is 11.6. The summed E-state index contributed by atoms with van der Waals surface area (Å²) in [5.74, 6) is 0. The lowest BCUT2D eigenvalue weighted by Crippen LogP contribution is -2.13. The first kappa shape index (κ1) is 13.4. The number of halogens is 1. The number of anilines is 2. The molecule has 0 aliphatic heterocycles. The molecule has 1 amide bonds. The van der Waals surface area contributed by atoms with Gasteiger partial charge in [-0.1, -0.05) is 28.1 Å². The van der Waals surface area contributed by atoms with Crippen molar-refractivity contribution < 1.29 is 9.53 Å². The molecule has 4 nitrogen and oxygen atoms in total. The van der Waals surface area contributed by atoms with Crippen LogP contribution in [0.5, 0.6) is 0 Å². The van der Waals surface area contributed by atoms with Crippen molar-refractivity contribution in [1.82, 2.24) is 0 Å². The van der Waals surface area contributed by atoms with Crippen LogP contribution in [0.1, 0.15) is 5.56 Å². The first-order valence-electron chi connectivity index (χ1n) is 5.67. The second-order valence-electron chi connectivity index (χ2n) is 3.95. The number of benzene rings is 2. The fourth-order valence-electron chi connectivity index (χ4n) is 1.45. The van der Waals surface area contributed by atoms with Gasteiger partial charge in [0, 0.05) is 15.8 Å². The van der Waals surface area contributed by atoms with Gasteiger partial charge in [0.15, 0.2) is 0 Å². The number of nitrogens with two attached hydrogens (primary N) is 1. The average Bonchev–Trinajstić information content (AvgIpc) is 2.41. The van der Waals surface area contributed by atoms with Crippen LogP contribution in [0.25, 0.3) is 0 Å². The Bertz CT molecular complexity index is 553. The Kier molecular flexibility index (Phi) is 4.41. The van der Waals surface area contributed by atoms with Crippen LogP contribution < -0.4 is 11.1 Å². The monoisotopic (exact) mass is 320 g/mol. The van der Waals surface area contributed by atoms with E-state index in [1.165, 1.54) is 0 Å². The molecule has 0 saturated heterocycles. The standard InChI is InChI=1S/C14H13BrN2O2/c15-11-3-1-10(2-4-11)9-19-14(18)17-13-7-5-12(16)6-8-13/h1-8H,9,16H2,(H,17,18). The largest absolute Gasteiger partial charge is 0.444 e. The lowest BCUT2D eigenvalue weighted by atomic mass is 10.2. The summed E-state index contributed by atoms with van der Waals surface area (Å²) in [5, 5.41) is 2.62. The molecule has 0 unspecified atom stereocenters. The third kappa shape index (κ3) is 4.30. The van der Waals surface area contributed by atoms with Gasteiger partial charge in [-0.3, -0.25) is 5.32 Å². The summed E-state index contributed by atoms with van der Waals surface area (Å²) in [4.78, 5) is 11.6. The average molecular weight is 321 g/mol. The molecule has 3 N–H and O–H groups in total. The Labute approximate surface area is 119 Å². The fraction of sp³-hybridized carbons (Fsp3) is 0.0714. The minimum atomic E-state index is -0.493. The molecule has 0 fully saturated rings. The maximum Gasteiger partial charge on any atom is 0.411 e. The highest BCUT2D eigenvalue weighted by atomic mass is 79.9. The van der Waals surface area contributed by atoms with E-state index in [1.807, 2.05) is 24.3 Å². The van der Waals surface area contributed by atoms with Crippen molar-refractivity contribution in [1.29, 1.82) is 0 Å². The number of nitrogens with one attached hydrogen (secondary N) is 1. The van der Waals surface area contributed by atoms with Crippen molar-refractivity contribution >= 4 is 33.4 Å². The van der Waals surface area contributed by atoms with E-state index in [0.717, 1.165) is 10.0 Å². The molecular formula is C14H13BrN2O2. The second kappa shape index (κ2) is 6.24. The second-order valence-corrected chi connectivity index (χ2v) is 4.87. The summed E-state index contributed by atoms with van der Waals surface area (Å²) in [5.41, 5.74) is 7.78. The molecule has 0 saturated carbocycles. The van der Waals surface area contributed by atoms with Gasteiger partial charge in [-0.25, -0.2) is 4.79 Å². The summed E-state index contributed by atoms with van der Waals surface area (Å²) >= 11 is 3.35. The molecular weight excluding hydrogens is 308 g/mol. The molecule has 98 valence electrons. The van der Waals surface area contributed by atoms with E-state index >= 15 is 0 Å². The molecule has 2 rings (SSSR count). The normalized spacial score (nSPS) is 9.95. The Morgan fingerprint density at radius 3 is 2.37 bits per heavy atom. The molecule has 2 aromatic carbocycles. The zero-order valence-electron chi connectivity index (χ0n) is 10.1. The molecule has 0 heterocycles. The van der Waals surface area contributed by atoms with E-state index in [1.54, 1.807) is 24.3 Å². The summed E-state index contributed by atoms with van der Waals surface area (Å²) in [6.45, 7) is 0.230. The van der Waals surface area contributed by atoms with Crippen LogP contribution in [0, 0.1) is 0 Å². The zero-order valence-corrected chi connectivity index (χ0v) is 11.7. The van der Waals surface area contributed by atoms with Gasteiger partial charge >= 0.3 is 6.09 Å². The molecule has 5 heteroatoms. The Hall–Kier alpha value is -2.01. The zero-order chi connectivity index (χ0) is 13.7. The van der Waals surface area contributed by atoms with Gasteiger partial charge in [0.05, 0.1) is 0 Å². The highest BCUT2D eigenvalue weighted by molar-refractivity contribution is 9.10. The Morgan fingerprint density at radius 1 is 1.11 bits per heavy atom. The third-order valence-electron chi connectivity index (χ3n) is 2.44. The quantitative estimate of drug-likeness (QED) is 0.846. The van der Waals surface area contributed by atoms with Crippen molar-refractivity contribution in [3.05, 3.63) is 58.6 Å². The van der Waals surface area contributed by atoms with Crippen LogP contribution >= 0.6 is 15.9 Å². The fourth-order valence-corrected chi connectivity index (χ4v) is 1.71. The van der Waals surface area contributed by atoms with Gasteiger partial charge < -0.3 is 10.5 Å². The first-order valence-corrected chi connectivity index (χ1v) is 6.46. The highest BCUT2D eigenvalue weighted by Crippen LogP contribution is 2.13. The molecule has 0 atom stereocenters. The van der Waals surface area contributed by atoms with Crippen LogP contribution in [-0.4, -0.2) is 6.09 Å². The van der Waals surface area contributed by atoms with E-state index in [2.05, 4.69) is 21.2 Å². The number of hydrogen-bond donors (Lipinski definition) is 2. The number of rotatable bonds is 3. The summed E-state index contributed by atoms with van der Waals surface area (Å²) in [6.07, 6.45) is -0.493. The van der Waals surface area contributed by atoms with E-state index < -0.39 is 6.09 Å². The van der Waals surface area contributed by atoms with E-state index in [4.69, 9.17) is 10.5 Å². The SMILES string of the molecule is Nc1ccc(NC(=O)OCc2ccc(Br)cc2)cc1. The van der Waals surface area contributed by atoms with Crippen molar-refractivity contribution in [3.63, 3.8) is 0 Å². The molecule has 0 radical (unpaired) electrons. The Balaban J connectivity index is 1.84. The summed E-state index contributed by atoms with van der Waals surface area (Å²) in [7, 11) is 0. The molecule has 0 bridgehead atoms. The van der Waals surface area contributed by atoms with Crippen molar-refractivity contribution in [2.24, 2.45) is 0 Å². The van der Waals surface area contributed by atoms with Crippen LogP contribution in [0.3, 0.4) is 0 Å². The Morgan fingerprint density at radius 2 is 1.74 bits per heavy atom. The van der Waals surface area contributed by atoms with Crippen LogP contribution in [-0.2, 0) is 11.3 Å². The summed E-state index contributed by atoms with van der Waals surface area (Å²) < 4.78 is 6.09. The topological polar surface area (TPSA) is 64.3 Å². The number of nitrogen functional groups attached to an aromatic ring is 1. The third-order valence-corrected chi connectivity index (χ3v) is 2.97. The lowest BCUT2D eigenvalue weighted by Gasteiger charge is -2.07. The number of ether oxygens (including phenoxy) is 1. The summed E-state index contributed by atoms with van der Waals surface area (Å²) in [6, 6.07) is 14.4. The smallest absolute Gasteiger partial charge is 0.411 e. The van der Waals surface area contributed by atoms with Gasteiger partial charge in [-0.15, -0.1) is 0 Å². The van der Waals surface area contributed by atoms with Crippen molar-refractivity contribution in [3.8, 4) is 0 Å². The molecule has 0 aliphatic carbocycles. The van der Waals surface area contributed by atoms with Crippen LogP contribution in [0.2, 0.25) is 0 Å². The van der Waals surface area contributed by atoms with Crippen LogP contribution in [0.4, 0.5) is 16.2 Å². The minimum absolute atomic E-state index is 0.230. The lowest BCUT2D eigenvalue weighted by molar-refractivity contribution is 0.155. The van der Waals surface area contributed by atoms with Crippen molar-refractivity contribution in [2.75, 3.05) is 11.1 Å². The van der Waals surface area contributed by atoms with Gasteiger partial charge in [-0.05, 0) is 42.0 Å².